The van der Waals surface area contributed by atoms with Gasteiger partial charge in [0.1, 0.15) is 0 Å². The highest BCUT2D eigenvalue weighted by atomic mass is 35.5. The lowest BCUT2D eigenvalue weighted by molar-refractivity contribution is 0.121. The number of nitrogens with zero attached hydrogens (tertiary/aromatic N) is 7. The average molecular weight is 604 g/mol. The molecule has 1 N–H and O–H groups in total. The van der Waals surface area contributed by atoms with E-state index in [4.69, 9.17) is 37.7 Å². The summed E-state index contributed by atoms with van der Waals surface area (Å²) < 4.78 is 13.2. The maximum Gasteiger partial charge on any atom is 0.250 e. The summed E-state index contributed by atoms with van der Waals surface area (Å²) in [4.78, 5) is 18.3. The molecule has 0 radical (unpaired) electrons. The van der Waals surface area contributed by atoms with E-state index >= 15 is 0 Å². The largest absolute Gasteiger partial charge is 0.378 e. The zero-order valence-corrected chi connectivity index (χ0v) is 24.0. The Hall–Kier alpha value is -3.15. The topological polar surface area (TPSA) is 92.9 Å². The maximum atomic E-state index is 6.45. The number of hydrazone groups is 1. The van der Waals surface area contributed by atoms with Gasteiger partial charge in [-0.25, -0.2) is 5.43 Å². The van der Waals surface area contributed by atoms with E-state index < -0.39 is 0 Å². The molecule has 13 heteroatoms. The molecule has 4 aromatic rings. The van der Waals surface area contributed by atoms with Crippen LogP contribution >= 0.6 is 35.6 Å². The van der Waals surface area contributed by atoms with Crippen molar-refractivity contribution in [1.82, 2.24) is 19.5 Å². The monoisotopic (exact) mass is 602 g/mol. The molecule has 0 bridgehead atoms. The minimum absolute atomic E-state index is 0. The number of morpholine rings is 2. The maximum absolute atomic E-state index is 6.45. The van der Waals surface area contributed by atoms with E-state index in [0.29, 0.717) is 60.9 Å². The van der Waals surface area contributed by atoms with Crippen LogP contribution in [0.15, 0.2) is 53.8 Å². The number of nitrogens with one attached hydrogen (secondary N) is 1. The van der Waals surface area contributed by atoms with Gasteiger partial charge in [0.15, 0.2) is 0 Å². The van der Waals surface area contributed by atoms with Crippen molar-refractivity contribution in [3.8, 4) is 0 Å². The van der Waals surface area contributed by atoms with Gasteiger partial charge in [-0.05, 0) is 23.8 Å². The molecule has 4 heterocycles. The lowest BCUT2D eigenvalue weighted by atomic mass is 10.2. The smallest absolute Gasteiger partial charge is 0.250 e. The molecule has 0 atom stereocenters. The van der Waals surface area contributed by atoms with E-state index in [1.807, 2.05) is 24.3 Å². The normalized spacial score (nSPS) is 15.9. The van der Waals surface area contributed by atoms with Gasteiger partial charge in [0.25, 0.3) is 0 Å². The number of fused-ring (bicyclic) bond motifs is 1. The summed E-state index contributed by atoms with van der Waals surface area (Å²) in [5.41, 5.74) is 6.06. The number of aromatic nitrogens is 4. The van der Waals surface area contributed by atoms with Crippen molar-refractivity contribution in [2.75, 3.05) is 67.8 Å². The summed E-state index contributed by atoms with van der Waals surface area (Å²) in [5, 5.41) is 6.84. The molecule has 0 spiro atoms. The van der Waals surface area contributed by atoms with Gasteiger partial charge in [-0.3, -0.25) is 0 Å². The fraction of sp³-hybridized carbons (Fsp3) is 0.333. The average Bonchev–Trinajstić information content (AvgIpc) is 3.32. The summed E-state index contributed by atoms with van der Waals surface area (Å²) >= 11 is 12.5. The van der Waals surface area contributed by atoms with Crippen molar-refractivity contribution in [2.24, 2.45) is 5.10 Å². The Morgan fingerprint density at radius 3 is 2.17 bits per heavy atom. The fourth-order valence-corrected chi connectivity index (χ4v) is 5.18. The Kier molecular flexibility index (Phi) is 9.23. The van der Waals surface area contributed by atoms with Crippen molar-refractivity contribution in [3.05, 3.63) is 69.8 Å². The Balaban J connectivity index is 0.00000323. The van der Waals surface area contributed by atoms with Crippen molar-refractivity contribution < 1.29 is 9.47 Å². The second kappa shape index (κ2) is 13.0. The van der Waals surface area contributed by atoms with Gasteiger partial charge in [-0.15, -0.1) is 12.4 Å². The summed E-state index contributed by atoms with van der Waals surface area (Å²) in [6.45, 7) is 6.10. The van der Waals surface area contributed by atoms with Gasteiger partial charge >= 0.3 is 0 Å². The molecular formula is C27H29Cl3N8O2. The molecule has 2 aliphatic heterocycles. The van der Waals surface area contributed by atoms with E-state index in [1.54, 1.807) is 12.3 Å². The van der Waals surface area contributed by atoms with E-state index in [0.717, 1.165) is 48.2 Å². The van der Waals surface area contributed by atoms with Crippen LogP contribution in [0.1, 0.15) is 11.1 Å². The minimum atomic E-state index is 0. The molecule has 2 aliphatic rings. The minimum Gasteiger partial charge on any atom is -0.378 e. The predicted octanol–water partition coefficient (Wildman–Crippen LogP) is 4.72. The van der Waals surface area contributed by atoms with Crippen LogP contribution in [-0.2, 0) is 16.0 Å². The van der Waals surface area contributed by atoms with Crippen LogP contribution < -0.4 is 15.2 Å². The van der Waals surface area contributed by atoms with Gasteiger partial charge in [0, 0.05) is 65.4 Å². The third kappa shape index (κ3) is 6.42. The molecule has 0 amide bonds. The first kappa shape index (κ1) is 28.4. The zero-order valence-electron chi connectivity index (χ0n) is 21.7. The third-order valence-electron chi connectivity index (χ3n) is 6.74. The summed E-state index contributed by atoms with van der Waals surface area (Å²) in [6.07, 6.45) is 3.85. The molecule has 2 fully saturated rings. The van der Waals surface area contributed by atoms with E-state index in [9.17, 15) is 0 Å². The lowest BCUT2D eigenvalue weighted by Crippen LogP contribution is -2.40. The first-order valence-electron chi connectivity index (χ1n) is 12.9. The zero-order chi connectivity index (χ0) is 26.6. The number of hydrogen-bond donors (Lipinski definition) is 1. The second-order valence-corrected chi connectivity index (χ2v) is 10.1. The molecule has 210 valence electrons. The number of rotatable bonds is 7. The second-order valence-electron chi connectivity index (χ2n) is 9.29. The number of benzene rings is 2. The van der Waals surface area contributed by atoms with E-state index in [1.165, 1.54) is 0 Å². The Bertz CT molecular complexity index is 1450. The van der Waals surface area contributed by atoms with E-state index in [2.05, 4.69) is 53.2 Å². The highest BCUT2D eigenvalue weighted by molar-refractivity contribution is 6.35. The third-order valence-corrected chi connectivity index (χ3v) is 7.33. The van der Waals surface area contributed by atoms with Gasteiger partial charge in [-0.1, -0.05) is 47.5 Å². The van der Waals surface area contributed by atoms with Crippen LogP contribution in [0.4, 0.5) is 17.8 Å². The lowest BCUT2D eigenvalue weighted by Gasteiger charge is -2.30. The van der Waals surface area contributed by atoms with Crippen LogP contribution in [0, 0.1) is 0 Å². The van der Waals surface area contributed by atoms with E-state index in [-0.39, 0.29) is 12.4 Å². The fourth-order valence-electron chi connectivity index (χ4n) is 4.72. The molecule has 6 rings (SSSR count). The highest BCUT2D eigenvalue weighted by Gasteiger charge is 2.20. The Morgan fingerprint density at radius 2 is 1.52 bits per heavy atom. The van der Waals surface area contributed by atoms with Crippen LogP contribution in [0.5, 0.6) is 0 Å². The van der Waals surface area contributed by atoms with Crippen molar-refractivity contribution in [2.45, 2.75) is 6.54 Å². The van der Waals surface area contributed by atoms with Crippen molar-refractivity contribution in [1.29, 1.82) is 0 Å². The van der Waals surface area contributed by atoms with Gasteiger partial charge < -0.3 is 23.8 Å². The van der Waals surface area contributed by atoms with Crippen LogP contribution in [0.3, 0.4) is 0 Å². The number of anilines is 3. The van der Waals surface area contributed by atoms with Gasteiger partial charge in [0.2, 0.25) is 17.8 Å². The Labute approximate surface area is 248 Å². The molecule has 0 saturated carbocycles. The van der Waals surface area contributed by atoms with Crippen LogP contribution in [0.25, 0.3) is 10.9 Å². The number of para-hydroxylation sites is 1. The molecule has 2 saturated heterocycles. The molecule has 0 aliphatic carbocycles. The molecule has 10 nitrogen and oxygen atoms in total. The first-order chi connectivity index (χ1) is 19.1. The number of halogens is 3. The number of hydrogen-bond acceptors (Lipinski definition) is 9. The molecule has 40 heavy (non-hydrogen) atoms. The van der Waals surface area contributed by atoms with Crippen LogP contribution in [0.2, 0.25) is 10.0 Å². The van der Waals surface area contributed by atoms with Crippen LogP contribution in [-0.4, -0.2) is 78.3 Å². The Morgan fingerprint density at radius 1 is 0.875 bits per heavy atom. The van der Waals surface area contributed by atoms with Gasteiger partial charge in [0.05, 0.1) is 32.6 Å². The highest BCUT2D eigenvalue weighted by Crippen LogP contribution is 2.26. The summed E-state index contributed by atoms with van der Waals surface area (Å²) in [7, 11) is 0. The standard InChI is InChI=1S/C27H28Cl2N8O2.ClH/c28-21-6-5-19(23(29)15-21)17-37-18-20(22-3-1-2-4-24(22)37)16-30-34-25-31-26(35-7-11-38-12-8-35)33-27(32-25)36-9-13-39-14-10-36;/h1-6,15-16,18H,7-14,17H2,(H,31,32,33,34);1H/b30-16+;. The molecule has 2 aromatic heterocycles. The number of ether oxygens (including phenoxy) is 2. The quantitative estimate of drug-likeness (QED) is 0.240. The SMILES string of the molecule is Cl.Clc1ccc(Cn2cc(/C=N/Nc3nc(N4CCOCC4)nc(N4CCOCC4)n3)c3ccccc32)c(Cl)c1. The summed E-state index contributed by atoms with van der Waals surface area (Å²) in [6, 6.07) is 13.8. The van der Waals surface area contributed by atoms with Crippen molar-refractivity contribution >= 4 is 70.6 Å². The summed E-state index contributed by atoms with van der Waals surface area (Å²) in [5.74, 6) is 1.62. The molecule has 2 aromatic carbocycles. The van der Waals surface area contributed by atoms with Crippen molar-refractivity contribution in [3.63, 3.8) is 0 Å². The van der Waals surface area contributed by atoms with Gasteiger partial charge in [-0.2, -0.15) is 20.1 Å². The first-order valence-corrected chi connectivity index (χ1v) is 13.6. The molecule has 0 unspecified atom stereocenters. The predicted molar refractivity (Wildman–Crippen MR) is 162 cm³/mol. The molecular weight excluding hydrogens is 575 g/mol.